The lowest BCUT2D eigenvalue weighted by Gasteiger charge is -2.20. The van der Waals surface area contributed by atoms with Crippen LogP contribution < -0.4 is 15.9 Å². The molecule has 2 aromatic carbocycles. The summed E-state index contributed by atoms with van der Waals surface area (Å²) < 4.78 is 0. The van der Waals surface area contributed by atoms with E-state index in [-0.39, 0.29) is 11.8 Å². The van der Waals surface area contributed by atoms with Gasteiger partial charge in [0.15, 0.2) is 5.78 Å². The molecule has 2 aliphatic rings. The molecule has 0 bridgehead atoms. The van der Waals surface area contributed by atoms with Gasteiger partial charge in [-0.25, -0.2) is 0 Å². The smallest absolute Gasteiger partial charge is 0.158 e. The van der Waals surface area contributed by atoms with E-state index in [0.717, 1.165) is 26.8 Å². The maximum atomic E-state index is 11.5. The van der Waals surface area contributed by atoms with Crippen LogP contribution >= 0.6 is 11.8 Å². The third-order valence-electron chi connectivity index (χ3n) is 3.56. The van der Waals surface area contributed by atoms with Crippen molar-refractivity contribution < 1.29 is 4.79 Å². The molecule has 0 fully saturated rings. The summed E-state index contributed by atoms with van der Waals surface area (Å²) in [6.07, 6.45) is 1.97. The van der Waals surface area contributed by atoms with E-state index in [2.05, 4.69) is 22.4 Å². The Labute approximate surface area is 120 Å². The Kier molecular flexibility index (Phi) is 2.47. The summed E-state index contributed by atoms with van der Waals surface area (Å²) in [7, 11) is 0. The highest BCUT2D eigenvalue weighted by molar-refractivity contribution is 7.99. The number of para-hydroxylation sites is 1. The first-order valence-electron chi connectivity index (χ1n) is 6.49. The van der Waals surface area contributed by atoms with Crippen molar-refractivity contribution in [3.05, 3.63) is 47.0 Å². The Hall–Kier alpha value is -2.07. The molecule has 2 aromatic rings. The van der Waals surface area contributed by atoms with E-state index in [4.69, 9.17) is 0 Å². The number of Topliss-reactive ketones (excluding diaryl/α,β-unsaturated/α-hetero) is 1. The van der Waals surface area contributed by atoms with Gasteiger partial charge in [-0.2, -0.15) is 0 Å². The standard InChI is InChI=1S/C16H12N2OS/c1-9(19)14-8-10-11(17-14)6-7-13-16(10)20-15-5-3-2-4-12(15)18-13/h2-8,14,18H,1H3. The molecule has 0 spiro atoms. The van der Waals surface area contributed by atoms with Gasteiger partial charge in [0, 0.05) is 15.0 Å². The minimum Gasteiger partial charge on any atom is -0.354 e. The first kappa shape index (κ1) is 11.7. The number of benzene rings is 2. The average Bonchev–Trinajstić information content (AvgIpc) is 2.90. The lowest BCUT2D eigenvalue weighted by atomic mass is 10.2. The van der Waals surface area contributed by atoms with Crippen molar-refractivity contribution in [2.75, 3.05) is 5.32 Å². The number of fused-ring (bicyclic) bond motifs is 4. The molecule has 4 heteroatoms. The molecule has 0 saturated carbocycles. The molecular weight excluding hydrogens is 268 g/mol. The molecule has 20 heavy (non-hydrogen) atoms. The van der Waals surface area contributed by atoms with Gasteiger partial charge in [0.05, 0.1) is 16.7 Å². The highest BCUT2D eigenvalue weighted by atomic mass is 32.2. The van der Waals surface area contributed by atoms with Crippen molar-refractivity contribution in [3.8, 4) is 0 Å². The summed E-state index contributed by atoms with van der Waals surface area (Å²) in [6.45, 7) is 1.59. The first-order chi connectivity index (χ1) is 9.72. The van der Waals surface area contributed by atoms with Crippen LogP contribution in [0.4, 0.5) is 11.4 Å². The van der Waals surface area contributed by atoms with Crippen LogP contribution in [0.5, 0.6) is 0 Å². The molecule has 0 aliphatic carbocycles. The van der Waals surface area contributed by atoms with E-state index in [1.807, 2.05) is 30.3 Å². The second-order valence-corrected chi connectivity index (χ2v) is 6.00. The Morgan fingerprint density at radius 2 is 2.05 bits per heavy atom. The van der Waals surface area contributed by atoms with Crippen molar-refractivity contribution in [2.24, 2.45) is 4.99 Å². The fraction of sp³-hybridized carbons (Fsp3) is 0.125. The van der Waals surface area contributed by atoms with Crippen molar-refractivity contribution in [1.82, 2.24) is 0 Å². The fourth-order valence-electron chi connectivity index (χ4n) is 2.54. The highest BCUT2D eigenvalue weighted by Gasteiger charge is 2.21. The predicted octanol–water partition coefficient (Wildman–Crippen LogP) is 2.27. The summed E-state index contributed by atoms with van der Waals surface area (Å²) in [6, 6.07) is 11.9. The molecule has 98 valence electrons. The zero-order valence-electron chi connectivity index (χ0n) is 10.9. The zero-order valence-corrected chi connectivity index (χ0v) is 11.7. The van der Waals surface area contributed by atoms with Crippen LogP contribution in [0.3, 0.4) is 0 Å². The number of nitrogens with zero attached hydrogens (tertiary/aromatic N) is 1. The van der Waals surface area contributed by atoms with Crippen LogP contribution in [0, 0.1) is 0 Å². The molecule has 1 unspecified atom stereocenters. The van der Waals surface area contributed by atoms with Crippen molar-refractivity contribution in [3.63, 3.8) is 0 Å². The van der Waals surface area contributed by atoms with Crippen LogP contribution in [-0.2, 0) is 4.79 Å². The van der Waals surface area contributed by atoms with Crippen LogP contribution in [0.2, 0.25) is 0 Å². The molecule has 2 heterocycles. The van der Waals surface area contributed by atoms with Gasteiger partial charge >= 0.3 is 0 Å². The van der Waals surface area contributed by atoms with Gasteiger partial charge in [-0.05, 0) is 37.3 Å². The Bertz CT molecular complexity index is 857. The zero-order chi connectivity index (χ0) is 13.7. The lowest BCUT2D eigenvalue weighted by molar-refractivity contribution is -0.116. The number of anilines is 2. The SMILES string of the molecule is CC(=O)C1C=c2c3c(ccc2=N1)Nc1ccccc1S3. The minimum absolute atomic E-state index is 0.0871. The summed E-state index contributed by atoms with van der Waals surface area (Å²) >= 11 is 1.74. The quantitative estimate of drug-likeness (QED) is 0.743. The highest BCUT2D eigenvalue weighted by Crippen LogP contribution is 2.41. The van der Waals surface area contributed by atoms with Crippen LogP contribution in [-0.4, -0.2) is 11.8 Å². The van der Waals surface area contributed by atoms with E-state index in [0.29, 0.717) is 0 Å². The Morgan fingerprint density at radius 3 is 2.90 bits per heavy atom. The molecule has 0 amide bonds. The van der Waals surface area contributed by atoms with Gasteiger partial charge in [0.1, 0.15) is 6.04 Å². The van der Waals surface area contributed by atoms with E-state index in [9.17, 15) is 4.79 Å². The monoisotopic (exact) mass is 280 g/mol. The number of rotatable bonds is 1. The number of nitrogens with one attached hydrogen (secondary N) is 1. The predicted molar refractivity (Wildman–Crippen MR) is 80.0 cm³/mol. The molecule has 0 saturated heterocycles. The number of carbonyl (C=O) groups excluding carboxylic acids is 1. The number of carbonyl (C=O) groups is 1. The minimum atomic E-state index is -0.325. The van der Waals surface area contributed by atoms with Gasteiger partial charge in [0.2, 0.25) is 0 Å². The number of ketones is 1. The molecule has 0 aromatic heterocycles. The Balaban J connectivity index is 1.91. The summed E-state index contributed by atoms with van der Waals surface area (Å²) in [5, 5.41) is 5.44. The third-order valence-corrected chi connectivity index (χ3v) is 4.78. The van der Waals surface area contributed by atoms with Gasteiger partial charge < -0.3 is 5.32 Å². The Morgan fingerprint density at radius 1 is 1.20 bits per heavy atom. The van der Waals surface area contributed by atoms with Crippen LogP contribution in [0.15, 0.2) is 51.2 Å². The second-order valence-electron chi connectivity index (χ2n) is 4.95. The van der Waals surface area contributed by atoms with E-state index in [1.165, 1.54) is 4.90 Å². The first-order valence-corrected chi connectivity index (χ1v) is 7.31. The molecule has 1 atom stereocenters. The molecule has 1 N–H and O–H groups in total. The molecule has 2 aliphatic heterocycles. The summed E-state index contributed by atoms with van der Waals surface area (Å²) in [5.41, 5.74) is 2.21. The van der Waals surface area contributed by atoms with Crippen LogP contribution in [0.1, 0.15) is 6.92 Å². The average molecular weight is 280 g/mol. The van der Waals surface area contributed by atoms with Gasteiger partial charge in [-0.1, -0.05) is 23.9 Å². The lowest BCUT2D eigenvalue weighted by Crippen LogP contribution is -2.25. The molecule has 0 radical (unpaired) electrons. The van der Waals surface area contributed by atoms with Crippen molar-refractivity contribution in [2.45, 2.75) is 22.8 Å². The third kappa shape index (κ3) is 1.68. The van der Waals surface area contributed by atoms with Crippen molar-refractivity contribution in [1.29, 1.82) is 0 Å². The largest absolute Gasteiger partial charge is 0.354 e. The van der Waals surface area contributed by atoms with Crippen molar-refractivity contribution >= 4 is 35.0 Å². The molecule has 3 nitrogen and oxygen atoms in total. The second kappa shape index (κ2) is 4.21. The van der Waals surface area contributed by atoms with E-state index in [1.54, 1.807) is 18.7 Å². The van der Waals surface area contributed by atoms with E-state index < -0.39 is 0 Å². The summed E-state index contributed by atoms with van der Waals surface area (Å²) in [5.74, 6) is 0.0871. The maximum absolute atomic E-state index is 11.5. The summed E-state index contributed by atoms with van der Waals surface area (Å²) in [4.78, 5) is 18.4. The maximum Gasteiger partial charge on any atom is 0.158 e. The fourth-order valence-corrected chi connectivity index (χ4v) is 3.65. The number of hydrogen-bond donors (Lipinski definition) is 1. The normalized spacial score (nSPS) is 17.9. The number of hydrogen-bond acceptors (Lipinski definition) is 4. The molecule has 4 rings (SSSR count). The molecular formula is C16H12N2OS. The van der Waals surface area contributed by atoms with Crippen LogP contribution in [0.25, 0.3) is 6.08 Å². The van der Waals surface area contributed by atoms with Gasteiger partial charge in [-0.15, -0.1) is 0 Å². The van der Waals surface area contributed by atoms with Gasteiger partial charge in [0.25, 0.3) is 0 Å². The topological polar surface area (TPSA) is 41.5 Å². The van der Waals surface area contributed by atoms with E-state index >= 15 is 0 Å². The van der Waals surface area contributed by atoms with Gasteiger partial charge in [-0.3, -0.25) is 9.79 Å².